The van der Waals surface area contributed by atoms with Gasteiger partial charge in [0.2, 0.25) is 0 Å². The first-order chi connectivity index (χ1) is 15.6. The lowest BCUT2D eigenvalue weighted by Gasteiger charge is -2.32. The van der Waals surface area contributed by atoms with Gasteiger partial charge in [-0.3, -0.25) is 9.80 Å². The monoisotopic (exact) mass is 433 g/mol. The van der Waals surface area contributed by atoms with Crippen LogP contribution >= 0.6 is 0 Å². The number of carbonyl (C=O) groups excluding carboxylic acids is 1. The maximum absolute atomic E-state index is 12.5. The maximum atomic E-state index is 12.5. The van der Waals surface area contributed by atoms with Crippen molar-refractivity contribution in [2.24, 2.45) is 0 Å². The van der Waals surface area contributed by atoms with E-state index >= 15 is 0 Å². The van der Waals surface area contributed by atoms with Crippen LogP contribution in [0.15, 0.2) is 48.5 Å². The third-order valence-electron chi connectivity index (χ3n) is 7.40. The summed E-state index contributed by atoms with van der Waals surface area (Å²) in [5.41, 5.74) is 4.78. The van der Waals surface area contributed by atoms with Gasteiger partial charge in [-0.1, -0.05) is 48.9 Å². The van der Waals surface area contributed by atoms with Crippen LogP contribution < -0.4 is 0 Å². The minimum atomic E-state index is -0.223. The molecule has 5 heteroatoms. The average molecular weight is 434 g/mol. The Morgan fingerprint density at radius 3 is 2.34 bits per heavy atom. The van der Waals surface area contributed by atoms with Gasteiger partial charge < -0.3 is 9.64 Å². The zero-order valence-corrected chi connectivity index (χ0v) is 19.3. The summed E-state index contributed by atoms with van der Waals surface area (Å²) in [5, 5.41) is 0. The second kappa shape index (κ2) is 9.24. The quantitative estimate of drug-likeness (QED) is 0.681. The summed E-state index contributed by atoms with van der Waals surface area (Å²) in [6.07, 6.45) is 5.48. The number of amides is 1. The largest absolute Gasteiger partial charge is 0.441 e. The SMILES string of the molecule is CN1CCN(Cc2cccc(-c3ccc(CN4CC5(CCCCC5)OC4=O)cc3)c2)CC1. The molecule has 0 unspecified atom stereocenters. The van der Waals surface area contributed by atoms with Crippen LogP contribution in [0.1, 0.15) is 43.2 Å². The predicted octanol–water partition coefficient (Wildman–Crippen LogP) is 4.76. The first kappa shape index (κ1) is 21.5. The number of ether oxygens (including phenoxy) is 1. The highest BCUT2D eigenvalue weighted by atomic mass is 16.6. The number of hydrogen-bond acceptors (Lipinski definition) is 4. The van der Waals surface area contributed by atoms with Crippen molar-refractivity contribution in [1.82, 2.24) is 14.7 Å². The summed E-state index contributed by atoms with van der Waals surface area (Å²) in [7, 11) is 2.20. The van der Waals surface area contributed by atoms with Crippen LogP contribution in [0.25, 0.3) is 11.1 Å². The number of nitrogens with zero attached hydrogens (tertiary/aromatic N) is 3. The standard InChI is InChI=1S/C27H35N3O2/c1-28-14-16-29(17-15-28)19-23-6-5-7-25(18-23)24-10-8-22(9-11-24)20-30-21-27(32-26(30)31)12-3-2-4-13-27/h5-11,18H,2-4,12-17,19-21H2,1H3. The van der Waals surface area contributed by atoms with Crippen molar-refractivity contribution in [2.75, 3.05) is 39.8 Å². The van der Waals surface area contributed by atoms with Crippen molar-refractivity contribution >= 4 is 6.09 Å². The van der Waals surface area contributed by atoms with Gasteiger partial charge in [-0.25, -0.2) is 4.79 Å². The lowest BCUT2D eigenvalue weighted by atomic mass is 9.85. The van der Waals surface area contributed by atoms with Crippen LogP contribution in [0.3, 0.4) is 0 Å². The average Bonchev–Trinajstić information content (AvgIpc) is 3.10. The molecule has 1 spiro atoms. The number of likely N-dealkylation sites (N-methyl/N-ethyl adjacent to an activating group) is 1. The predicted molar refractivity (Wildman–Crippen MR) is 127 cm³/mol. The van der Waals surface area contributed by atoms with Gasteiger partial charge >= 0.3 is 6.09 Å². The van der Waals surface area contributed by atoms with E-state index in [1.165, 1.54) is 36.0 Å². The molecule has 1 saturated carbocycles. The van der Waals surface area contributed by atoms with E-state index in [2.05, 4.69) is 65.4 Å². The van der Waals surface area contributed by atoms with Crippen molar-refractivity contribution in [3.05, 3.63) is 59.7 Å². The Bertz CT molecular complexity index is 928. The van der Waals surface area contributed by atoms with Gasteiger partial charge in [-0.05, 0) is 61.1 Å². The van der Waals surface area contributed by atoms with Crippen LogP contribution in [-0.4, -0.2) is 66.2 Å². The lowest BCUT2D eigenvalue weighted by Crippen LogP contribution is -2.43. The highest BCUT2D eigenvalue weighted by Crippen LogP contribution is 2.37. The molecule has 5 nitrogen and oxygen atoms in total. The maximum Gasteiger partial charge on any atom is 0.410 e. The number of hydrogen-bond donors (Lipinski definition) is 0. The highest BCUT2D eigenvalue weighted by Gasteiger charge is 2.45. The molecule has 3 fully saturated rings. The van der Waals surface area contributed by atoms with Gasteiger partial charge in [0.25, 0.3) is 0 Å². The van der Waals surface area contributed by atoms with Crippen molar-refractivity contribution in [1.29, 1.82) is 0 Å². The molecule has 2 heterocycles. The molecule has 3 aliphatic rings. The molecule has 0 aromatic heterocycles. The molecule has 0 bridgehead atoms. The molecule has 0 N–H and O–H groups in total. The lowest BCUT2D eigenvalue weighted by molar-refractivity contribution is 0.0260. The Labute approximate surface area is 191 Å². The van der Waals surface area contributed by atoms with E-state index in [9.17, 15) is 4.79 Å². The molecule has 32 heavy (non-hydrogen) atoms. The third-order valence-corrected chi connectivity index (χ3v) is 7.40. The summed E-state index contributed by atoms with van der Waals surface area (Å²) in [6.45, 7) is 6.94. The minimum absolute atomic E-state index is 0.146. The second-order valence-electron chi connectivity index (χ2n) is 9.94. The fourth-order valence-corrected chi connectivity index (χ4v) is 5.41. The molecule has 170 valence electrons. The van der Waals surface area contributed by atoms with Crippen LogP contribution in [0, 0.1) is 0 Å². The first-order valence-corrected chi connectivity index (χ1v) is 12.2. The van der Waals surface area contributed by atoms with Crippen LogP contribution in [0.4, 0.5) is 4.79 Å². The van der Waals surface area contributed by atoms with Crippen LogP contribution in [0.5, 0.6) is 0 Å². The summed E-state index contributed by atoms with van der Waals surface area (Å²) >= 11 is 0. The smallest absolute Gasteiger partial charge is 0.410 e. The van der Waals surface area contributed by atoms with Gasteiger partial charge in [0, 0.05) is 39.3 Å². The van der Waals surface area contributed by atoms with Crippen molar-refractivity contribution < 1.29 is 9.53 Å². The number of rotatable bonds is 5. The first-order valence-electron chi connectivity index (χ1n) is 12.2. The molecule has 0 radical (unpaired) electrons. The highest BCUT2D eigenvalue weighted by molar-refractivity contribution is 5.71. The van der Waals surface area contributed by atoms with Gasteiger partial charge in [-0.2, -0.15) is 0 Å². The van der Waals surface area contributed by atoms with E-state index in [-0.39, 0.29) is 11.7 Å². The van der Waals surface area contributed by atoms with E-state index in [4.69, 9.17) is 4.74 Å². The molecule has 5 rings (SSSR count). The van der Waals surface area contributed by atoms with Gasteiger partial charge in [-0.15, -0.1) is 0 Å². The second-order valence-corrected chi connectivity index (χ2v) is 9.94. The summed E-state index contributed by atoms with van der Waals surface area (Å²) in [6, 6.07) is 17.6. The fraction of sp³-hybridized carbons (Fsp3) is 0.519. The summed E-state index contributed by atoms with van der Waals surface area (Å²) in [4.78, 5) is 19.3. The molecule has 2 aliphatic heterocycles. The Hall–Kier alpha value is -2.37. The zero-order chi connectivity index (χ0) is 22.0. The molecule has 2 aromatic carbocycles. The van der Waals surface area contributed by atoms with Crippen LogP contribution in [-0.2, 0) is 17.8 Å². The van der Waals surface area contributed by atoms with Crippen molar-refractivity contribution in [3.63, 3.8) is 0 Å². The van der Waals surface area contributed by atoms with Gasteiger partial charge in [0.15, 0.2) is 0 Å². The van der Waals surface area contributed by atoms with E-state index < -0.39 is 0 Å². The van der Waals surface area contributed by atoms with Gasteiger partial charge in [0.05, 0.1) is 6.54 Å². The molecule has 0 atom stereocenters. The molecular weight excluding hydrogens is 398 g/mol. The zero-order valence-electron chi connectivity index (χ0n) is 19.3. The normalized spacial score (nSPS) is 21.8. The van der Waals surface area contributed by atoms with Crippen LogP contribution in [0.2, 0.25) is 0 Å². The summed E-state index contributed by atoms with van der Waals surface area (Å²) in [5.74, 6) is 0. The van der Waals surface area contributed by atoms with Gasteiger partial charge in [0.1, 0.15) is 5.60 Å². The molecule has 2 saturated heterocycles. The van der Waals surface area contributed by atoms with E-state index in [1.54, 1.807) is 0 Å². The number of carbonyl (C=O) groups is 1. The molecule has 2 aromatic rings. The Balaban J connectivity index is 1.22. The Morgan fingerprint density at radius 2 is 1.59 bits per heavy atom. The molecular formula is C27H35N3O2. The summed E-state index contributed by atoms with van der Waals surface area (Å²) < 4.78 is 5.83. The third kappa shape index (κ3) is 4.84. The Morgan fingerprint density at radius 1 is 0.844 bits per heavy atom. The molecule has 1 aliphatic carbocycles. The Kier molecular flexibility index (Phi) is 6.20. The topological polar surface area (TPSA) is 36.0 Å². The van der Waals surface area contributed by atoms with Crippen molar-refractivity contribution in [3.8, 4) is 11.1 Å². The number of benzene rings is 2. The van der Waals surface area contributed by atoms with E-state index in [0.29, 0.717) is 6.54 Å². The fourth-order valence-electron chi connectivity index (χ4n) is 5.41. The number of piperazine rings is 1. The van der Waals surface area contributed by atoms with Crippen molar-refractivity contribution in [2.45, 2.75) is 50.8 Å². The molecule has 1 amide bonds. The van der Waals surface area contributed by atoms with E-state index in [1.807, 2.05) is 4.90 Å². The minimum Gasteiger partial charge on any atom is -0.441 e. The van der Waals surface area contributed by atoms with E-state index in [0.717, 1.165) is 57.7 Å².